The van der Waals surface area contributed by atoms with Gasteiger partial charge in [0.05, 0.1) is 15.6 Å². The van der Waals surface area contributed by atoms with E-state index in [2.05, 4.69) is 5.32 Å². The van der Waals surface area contributed by atoms with E-state index in [9.17, 15) is 4.79 Å². The number of carbonyl (C=O) groups is 1. The summed E-state index contributed by atoms with van der Waals surface area (Å²) in [5.41, 5.74) is 6.73. The van der Waals surface area contributed by atoms with Gasteiger partial charge in [-0.2, -0.15) is 0 Å². The van der Waals surface area contributed by atoms with Crippen molar-refractivity contribution in [3.8, 4) is 0 Å². The van der Waals surface area contributed by atoms with Crippen molar-refractivity contribution in [1.82, 2.24) is 0 Å². The zero-order chi connectivity index (χ0) is 12.4. The van der Waals surface area contributed by atoms with Gasteiger partial charge >= 0.3 is 0 Å². The van der Waals surface area contributed by atoms with Gasteiger partial charge in [-0.3, -0.25) is 4.79 Å². The van der Waals surface area contributed by atoms with Crippen molar-refractivity contribution in [2.75, 3.05) is 11.1 Å². The van der Waals surface area contributed by atoms with Crippen LogP contribution in [0.2, 0.25) is 5.02 Å². The largest absolute Gasteiger partial charge is 0.398 e. The summed E-state index contributed by atoms with van der Waals surface area (Å²) >= 11 is 7.33. The fourth-order valence-corrected chi connectivity index (χ4v) is 2.30. The summed E-state index contributed by atoms with van der Waals surface area (Å²) in [6, 6.07) is 8.73. The van der Waals surface area contributed by atoms with Crippen LogP contribution in [0.5, 0.6) is 0 Å². The maximum Gasteiger partial charge on any atom is 0.265 e. The van der Waals surface area contributed by atoms with Crippen molar-refractivity contribution in [3.63, 3.8) is 0 Å². The van der Waals surface area contributed by atoms with Crippen molar-refractivity contribution in [2.45, 2.75) is 6.92 Å². The van der Waals surface area contributed by atoms with E-state index in [-0.39, 0.29) is 5.91 Å². The third kappa shape index (κ3) is 2.78. The third-order valence-electron chi connectivity index (χ3n) is 2.22. The molecule has 0 aliphatic carbocycles. The molecule has 0 spiro atoms. The average molecular weight is 267 g/mol. The van der Waals surface area contributed by atoms with Crippen molar-refractivity contribution >= 4 is 40.2 Å². The second-order valence-electron chi connectivity index (χ2n) is 3.60. The van der Waals surface area contributed by atoms with Gasteiger partial charge in [0.15, 0.2) is 0 Å². The molecule has 0 aliphatic rings. The Bertz CT molecular complexity index is 565. The zero-order valence-electron chi connectivity index (χ0n) is 9.16. The summed E-state index contributed by atoms with van der Waals surface area (Å²) in [7, 11) is 0. The van der Waals surface area contributed by atoms with E-state index >= 15 is 0 Å². The van der Waals surface area contributed by atoms with E-state index in [0.29, 0.717) is 21.3 Å². The van der Waals surface area contributed by atoms with Crippen molar-refractivity contribution < 1.29 is 4.79 Å². The molecule has 1 aromatic carbocycles. The van der Waals surface area contributed by atoms with Gasteiger partial charge in [-0.25, -0.2) is 0 Å². The maximum atomic E-state index is 11.8. The highest BCUT2D eigenvalue weighted by molar-refractivity contribution is 7.14. The van der Waals surface area contributed by atoms with E-state index in [4.69, 9.17) is 17.3 Å². The summed E-state index contributed by atoms with van der Waals surface area (Å²) in [6.07, 6.45) is 0. The minimum Gasteiger partial charge on any atom is -0.398 e. The highest BCUT2D eigenvalue weighted by Crippen LogP contribution is 2.23. The number of nitrogen functional groups attached to an aromatic ring is 1. The normalized spacial score (nSPS) is 10.2. The molecular weight excluding hydrogens is 256 g/mol. The lowest BCUT2D eigenvalue weighted by atomic mass is 10.3. The average Bonchev–Trinajstić information content (AvgIpc) is 2.70. The molecule has 0 saturated carbocycles. The first-order valence-electron chi connectivity index (χ1n) is 4.99. The van der Waals surface area contributed by atoms with E-state index in [1.165, 1.54) is 11.3 Å². The van der Waals surface area contributed by atoms with Gasteiger partial charge in [0.1, 0.15) is 0 Å². The minimum atomic E-state index is -0.135. The lowest BCUT2D eigenvalue weighted by molar-refractivity contribution is 0.103. The Morgan fingerprint density at radius 2 is 2.12 bits per heavy atom. The smallest absolute Gasteiger partial charge is 0.265 e. The number of nitrogens with one attached hydrogen (secondary N) is 1. The Hall–Kier alpha value is -1.52. The van der Waals surface area contributed by atoms with Crippen LogP contribution in [-0.4, -0.2) is 5.91 Å². The quantitative estimate of drug-likeness (QED) is 0.817. The minimum absolute atomic E-state index is 0.135. The number of nitrogens with two attached hydrogens (primary N) is 1. The summed E-state index contributed by atoms with van der Waals surface area (Å²) in [5.74, 6) is -0.135. The molecule has 2 rings (SSSR count). The first kappa shape index (κ1) is 12.0. The van der Waals surface area contributed by atoms with Gasteiger partial charge < -0.3 is 11.1 Å². The molecule has 88 valence electrons. The fraction of sp³-hybridized carbons (Fsp3) is 0.0833. The molecule has 1 amide bonds. The number of rotatable bonds is 2. The van der Waals surface area contributed by atoms with E-state index in [1.807, 2.05) is 13.0 Å². The van der Waals surface area contributed by atoms with Crippen molar-refractivity contribution in [1.29, 1.82) is 0 Å². The number of aryl methyl sites for hydroxylation is 1. The Morgan fingerprint density at radius 3 is 2.71 bits per heavy atom. The molecule has 1 heterocycles. The number of halogens is 1. The van der Waals surface area contributed by atoms with Crippen LogP contribution in [0.4, 0.5) is 11.4 Å². The van der Waals surface area contributed by atoms with Gasteiger partial charge in [-0.1, -0.05) is 11.6 Å². The molecule has 0 aliphatic heterocycles. The van der Waals surface area contributed by atoms with Crippen LogP contribution in [0.15, 0.2) is 30.3 Å². The topological polar surface area (TPSA) is 55.1 Å². The highest BCUT2D eigenvalue weighted by Gasteiger charge is 2.08. The van der Waals surface area contributed by atoms with Crippen LogP contribution < -0.4 is 11.1 Å². The summed E-state index contributed by atoms with van der Waals surface area (Å²) < 4.78 is 0. The molecule has 0 fully saturated rings. The number of benzene rings is 1. The molecule has 0 atom stereocenters. The van der Waals surface area contributed by atoms with Crippen LogP contribution >= 0.6 is 22.9 Å². The van der Waals surface area contributed by atoms with E-state index < -0.39 is 0 Å². The second-order valence-corrected chi connectivity index (χ2v) is 5.30. The molecule has 3 nitrogen and oxygen atoms in total. The van der Waals surface area contributed by atoms with E-state index in [0.717, 1.165) is 4.88 Å². The molecule has 1 aromatic heterocycles. The molecule has 0 radical (unpaired) electrons. The van der Waals surface area contributed by atoms with Gasteiger partial charge in [-0.15, -0.1) is 11.3 Å². The lowest BCUT2D eigenvalue weighted by Gasteiger charge is -2.05. The predicted molar refractivity (Wildman–Crippen MR) is 72.9 cm³/mol. The van der Waals surface area contributed by atoms with Crippen LogP contribution in [0.25, 0.3) is 0 Å². The Morgan fingerprint density at radius 1 is 1.35 bits per heavy atom. The first-order valence-corrected chi connectivity index (χ1v) is 6.18. The summed E-state index contributed by atoms with van der Waals surface area (Å²) in [5, 5.41) is 3.21. The van der Waals surface area contributed by atoms with Crippen molar-refractivity contribution in [2.24, 2.45) is 0 Å². The molecule has 0 saturated heterocycles. The predicted octanol–water partition coefficient (Wildman–Crippen LogP) is 3.54. The number of hydrogen-bond donors (Lipinski definition) is 2. The van der Waals surface area contributed by atoms with Crippen LogP contribution in [0, 0.1) is 6.92 Å². The number of thiophene rings is 1. The molecule has 2 aromatic rings. The summed E-state index contributed by atoms with van der Waals surface area (Å²) in [4.78, 5) is 13.6. The van der Waals surface area contributed by atoms with Gasteiger partial charge in [0.2, 0.25) is 0 Å². The second kappa shape index (κ2) is 4.77. The number of anilines is 2. The van der Waals surface area contributed by atoms with Crippen LogP contribution in [-0.2, 0) is 0 Å². The monoisotopic (exact) mass is 266 g/mol. The first-order chi connectivity index (χ1) is 8.06. The van der Waals surface area contributed by atoms with Crippen LogP contribution in [0.3, 0.4) is 0 Å². The molecule has 3 N–H and O–H groups in total. The Kier molecular flexibility index (Phi) is 3.36. The van der Waals surface area contributed by atoms with E-state index in [1.54, 1.807) is 24.3 Å². The Balaban J connectivity index is 2.15. The third-order valence-corrected chi connectivity index (χ3v) is 3.55. The maximum absolute atomic E-state index is 11.8. The molecule has 5 heteroatoms. The number of carbonyl (C=O) groups excluding carboxylic acids is 1. The molecule has 0 bridgehead atoms. The number of hydrogen-bond acceptors (Lipinski definition) is 3. The molecule has 0 unspecified atom stereocenters. The Labute approximate surface area is 108 Å². The lowest BCUT2D eigenvalue weighted by Crippen LogP contribution is -2.10. The van der Waals surface area contributed by atoms with Gasteiger partial charge in [-0.05, 0) is 37.3 Å². The summed E-state index contributed by atoms with van der Waals surface area (Å²) in [6.45, 7) is 1.96. The number of amides is 1. The fourth-order valence-electron chi connectivity index (χ4n) is 1.35. The van der Waals surface area contributed by atoms with Crippen LogP contribution in [0.1, 0.15) is 14.5 Å². The highest BCUT2D eigenvalue weighted by atomic mass is 35.5. The van der Waals surface area contributed by atoms with Gasteiger partial charge in [0, 0.05) is 10.6 Å². The SMILES string of the molecule is Cc1ccc(C(=O)Nc2ccc(N)c(Cl)c2)s1. The molecular formula is C12H11ClN2OS. The standard InChI is InChI=1S/C12H11ClN2OS/c1-7-2-5-11(17-7)12(16)15-8-3-4-10(14)9(13)6-8/h2-6H,14H2,1H3,(H,15,16). The van der Waals surface area contributed by atoms with Crippen molar-refractivity contribution in [3.05, 3.63) is 45.1 Å². The van der Waals surface area contributed by atoms with Gasteiger partial charge in [0.25, 0.3) is 5.91 Å². The zero-order valence-corrected chi connectivity index (χ0v) is 10.7. The molecule has 17 heavy (non-hydrogen) atoms.